The van der Waals surface area contributed by atoms with Crippen molar-refractivity contribution in [3.63, 3.8) is 0 Å². The van der Waals surface area contributed by atoms with Crippen LogP contribution in [0.2, 0.25) is 10.0 Å². The first kappa shape index (κ1) is 30.4. The topological polar surface area (TPSA) is 31.4 Å². The number of hydrogen-bond acceptors (Lipinski definition) is 4. The van der Waals surface area contributed by atoms with Crippen molar-refractivity contribution in [2.75, 3.05) is 44.6 Å². The maximum atomic E-state index is 6.38. The minimum Gasteiger partial charge on any atom is -0.382 e. The summed E-state index contributed by atoms with van der Waals surface area (Å²) in [6, 6.07) is 16.4. The zero-order chi connectivity index (χ0) is 27.3. The molecule has 206 valence electrons. The highest BCUT2D eigenvalue weighted by Crippen LogP contribution is 2.29. The summed E-state index contributed by atoms with van der Waals surface area (Å²) in [6.07, 6.45) is 8.68. The summed E-state index contributed by atoms with van der Waals surface area (Å²) in [6.45, 7) is 15.7. The van der Waals surface area contributed by atoms with Crippen molar-refractivity contribution in [2.24, 2.45) is 0 Å². The van der Waals surface area contributed by atoms with Gasteiger partial charge in [-0.2, -0.15) is 0 Å². The monoisotopic (exact) mass is 554 g/mol. The van der Waals surface area contributed by atoms with Gasteiger partial charge in [-0.3, -0.25) is 0 Å². The second-order valence-corrected chi connectivity index (χ2v) is 10.6. The standard InChI is InChI=1S/C32H44Cl2N4/c1-5-37(6-2)21-11-14-27(15-12-22-38(7-3)8-4)35-32-24-28(19-17-25-13-9-10-16-30(25)34)36-31-23-26(33)18-20-29(31)32/h9-10,13,16-20,23-24,27H,5-8,11-12,14-15,21-22H2,1-4H3,(H,35,36)/b19-17+. The summed E-state index contributed by atoms with van der Waals surface area (Å²) in [7, 11) is 0. The molecule has 1 heterocycles. The third-order valence-corrected chi connectivity index (χ3v) is 7.91. The van der Waals surface area contributed by atoms with Gasteiger partial charge < -0.3 is 15.1 Å². The van der Waals surface area contributed by atoms with E-state index in [4.69, 9.17) is 28.2 Å². The molecule has 3 rings (SSSR count). The average molecular weight is 556 g/mol. The molecule has 0 spiro atoms. The van der Waals surface area contributed by atoms with E-state index in [-0.39, 0.29) is 0 Å². The van der Waals surface area contributed by atoms with Crippen LogP contribution in [-0.4, -0.2) is 60.1 Å². The van der Waals surface area contributed by atoms with E-state index in [9.17, 15) is 0 Å². The molecular formula is C32H44Cl2N4. The van der Waals surface area contributed by atoms with Gasteiger partial charge in [-0.1, -0.05) is 75.2 Å². The maximum absolute atomic E-state index is 6.38. The molecule has 0 amide bonds. The smallest absolute Gasteiger partial charge is 0.0744 e. The Morgan fingerprint density at radius 2 is 1.45 bits per heavy atom. The Hall–Kier alpha value is -2.11. The Morgan fingerprint density at radius 3 is 2.05 bits per heavy atom. The van der Waals surface area contributed by atoms with Gasteiger partial charge in [0, 0.05) is 27.2 Å². The number of halogens is 2. The Labute approximate surface area is 240 Å². The number of benzene rings is 2. The molecule has 0 aliphatic carbocycles. The molecule has 0 fully saturated rings. The van der Waals surface area contributed by atoms with Crippen LogP contribution in [0.3, 0.4) is 0 Å². The van der Waals surface area contributed by atoms with Crippen molar-refractivity contribution in [1.82, 2.24) is 14.8 Å². The second kappa shape index (κ2) is 16.1. The molecular weight excluding hydrogens is 511 g/mol. The third-order valence-electron chi connectivity index (χ3n) is 7.33. The number of pyridine rings is 1. The van der Waals surface area contributed by atoms with E-state index in [1.807, 2.05) is 48.6 Å². The molecule has 0 aliphatic rings. The number of aromatic nitrogens is 1. The van der Waals surface area contributed by atoms with Crippen molar-refractivity contribution in [2.45, 2.75) is 59.4 Å². The van der Waals surface area contributed by atoms with Crippen LogP contribution in [0.4, 0.5) is 5.69 Å². The van der Waals surface area contributed by atoms with Gasteiger partial charge in [-0.05, 0) is 107 Å². The van der Waals surface area contributed by atoms with E-state index >= 15 is 0 Å². The predicted molar refractivity (Wildman–Crippen MR) is 169 cm³/mol. The molecule has 0 aliphatic heterocycles. The fourth-order valence-corrected chi connectivity index (χ4v) is 5.29. The number of nitrogens with one attached hydrogen (secondary N) is 1. The Morgan fingerprint density at radius 1 is 0.816 bits per heavy atom. The molecule has 38 heavy (non-hydrogen) atoms. The Bertz CT molecular complexity index is 1140. The molecule has 6 heteroatoms. The Kier molecular flexibility index (Phi) is 12.9. The van der Waals surface area contributed by atoms with Crippen molar-refractivity contribution < 1.29 is 0 Å². The van der Waals surface area contributed by atoms with E-state index in [0.29, 0.717) is 11.1 Å². The number of fused-ring (bicyclic) bond motifs is 1. The number of anilines is 1. The number of nitrogens with zero attached hydrogens (tertiary/aromatic N) is 3. The second-order valence-electron chi connectivity index (χ2n) is 9.79. The number of rotatable bonds is 16. The third kappa shape index (κ3) is 9.27. The minimum absolute atomic E-state index is 0.391. The van der Waals surface area contributed by atoms with Crippen LogP contribution in [0.15, 0.2) is 48.5 Å². The average Bonchev–Trinajstić information content (AvgIpc) is 2.92. The molecule has 0 atom stereocenters. The highest BCUT2D eigenvalue weighted by Gasteiger charge is 2.14. The van der Waals surface area contributed by atoms with Crippen LogP contribution in [0, 0.1) is 0 Å². The van der Waals surface area contributed by atoms with Crippen LogP contribution in [0.5, 0.6) is 0 Å². The molecule has 4 nitrogen and oxygen atoms in total. The van der Waals surface area contributed by atoms with E-state index in [2.05, 4.69) is 54.9 Å². The summed E-state index contributed by atoms with van der Waals surface area (Å²) in [5, 5.41) is 6.45. The number of hydrogen-bond donors (Lipinski definition) is 1. The Balaban J connectivity index is 1.86. The highest BCUT2D eigenvalue weighted by atomic mass is 35.5. The van der Waals surface area contributed by atoms with E-state index in [0.717, 1.165) is 85.0 Å². The van der Waals surface area contributed by atoms with Crippen LogP contribution in [-0.2, 0) is 0 Å². The van der Waals surface area contributed by atoms with Crippen LogP contribution < -0.4 is 5.32 Å². The molecule has 1 aromatic heterocycles. The van der Waals surface area contributed by atoms with Gasteiger partial charge in [0.2, 0.25) is 0 Å². The fourth-order valence-electron chi connectivity index (χ4n) is 4.92. The van der Waals surface area contributed by atoms with Gasteiger partial charge in [0.15, 0.2) is 0 Å². The van der Waals surface area contributed by atoms with Crippen molar-refractivity contribution >= 4 is 51.9 Å². The van der Waals surface area contributed by atoms with Crippen molar-refractivity contribution in [3.8, 4) is 0 Å². The predicted octanol–water partition coefficient (Wildman–Crippen LogP) is 8.74. The molecule has 1 N–H and O–H groups in total. The first-order valence-electron chi connectivity index (χ1n) is 14.2. The van der Waals surface area contributed by atoms with E-state index < -0.39 is 0 Å². The zero-order valence-electron chi connectivity index (χ0n) is 23.5. The molecule has 0 radical (unpaired) electrons. The lowest BCUT2D eigenvalue weighted by Gasteiger charge is -2.25. The van der Waals surface area contributed by atoms with Crippen LogP contribution in [0.25, 0.3) is 23.1 Å². The van der Waals surface area contributed by atoms with E-state index in [1.165, 1.54) is 12.8 Å². The molecule has 0 bridgehead atoms. The largest absolute Gasteiger partial charge is 0.382 e. The van der Waals surface area contributed by atoms with Gasteiger partial charge >= 0.3 is 0 Å². The molecule has 0 saturated heterocycles. The molecule has 0 saturated carbocycles. The normalized spacial score (nSPS) is 12.0. The lowest BCUT2D eigenvalue weighted by atomic mass is 10.0. The van der Waals surface area contributed by atoms with Gasteiger partial charge in [-0.25, -0.2) is 4.98 Å². The highest BCUT2D eigenvalue weighted by molar-refractivity contribution is 6.32. The van der Waals surface area contributed by atoms with Gasteiger partial charge in [0.1, 0.15) is 0 Å². The van der Waals surface area contributed by atoms with Crippen molar-refractivity contribution in [1.29, 1.82) is 0 Å². The lowest BCUT2D eigenvalue weighted by molar-refractivity contribution is 0.283. The first-order valence-corrected chi connectivity index (χ1v) is 15.0. The summed E-state index contributed by atoms with van der Waals surface area (Å²) in [5.74, 6) is 0. The summed E-state index contributed by atoms with van der Waals surface area (Å²) in [5.41, 5.74) is 3.86. The van der Waals surface area contributed by atoms with Crippen LogP contribution >= 0.6 is 23.2 Å². The first-order chi connectivity index (χ1) is 18.5. The summed E-state index contributed by atoms with van der Waals surface area (Å²) < 4.78 is 0. The molecule has 2 aromatic carbocycles. The SMILES string of the molecule is CCN(CC)CCCC(CCCN(CC)CC)Nc1cc(/C=C/c2ccccc2Cl)nc2cc(Cl)ccc12. The quantitative estimate of drug-likeness (QED) is 0.192. The van der Waals surface area contributed by atoms with Crippen LogP contribution in [0.1, 0.15) is 64.6 Å². The minimum atomic E-state index is 0.391. The maximum Gasteiger partial charge on any atom is 0.0744 e. The van der Waals surface area contributed by atoms with Gasteiger partial charge in [-0.15, -0.1) is 0 Å². The molecule has 0 unspecified atom stereocenters. The van der Waals surface area contributed by atoms with Crippen molar-refractivity contribution in [3.05, 3.63) is 69.8 Å². The summed E-state index contributed by atoms with van der Waals surface area (Å²) >= 11 is 12.8. The van der Waals surface area contributed by atoms with Gasteiger partial charge in [0.05, 0.1) is 11.2 Å². The van der Waals surface area contributed by atoms with E-state index in [1.54, 1.807) is 0 Å². The zero-order valence-corrected chi connectivity index (χ0v) is 25.0. The fraction of sp³-hybridized carbons (Fsp3) is 0.469. The summed E-state index contributed by atoms with van der Waals surface area (Å²) in [4.78, 5) is 9.91. The lowest BCUT2D eigenvalue weighted by Crippen LogP contribution is -2.28. The molecule has 3 aromatic rings. The van der Waals surface area contributed by atoms with Gasteiger partial charge in [0.25, 0.3) is 0 Å².